The number of aromatic nitrogens is 4. The molecule has 1 fully saturated rings. The van der Waals surface area contributed by atoms with Crippen molar-refractivity contribution >= 4 is 0 Å². The van der Waals surface area contributed by atoms with E-state index in [2.05, 4.69) is 26.9 Å². The lowest BCUT2D eigenvalue weighted by Gasteiger charge is -2.36. The molecule has 0 aliphatic carbocycles. The van der Waals surface area contributed by atoms with Crippen LogP contribution >= 0.6 is 0 Å². The van der Waals surface area contributed by atoms with Crippen molar-refractivity contribution in [1.29, 1.82) is 0 Å². The summed E-state index contributed by atoms with van der Waals surface area (Å²) in [4.78, 5) is 11.0. The Kier molecular flexibility index (Phi) is 4.77. The van der Waals surface area contributed by atoms with Gasteiger partial charge in [-0.25, -0.2) is 4.98 Å². The standard InChI is InChI=1S/C16H25N5O2/c1-4-13-18-16(23-19-13)11(2)21-8-5-12(6-9-21)14(22)15-17-7-10-20(15)3/h7,10-12,14,22H,4-6,8-9H2,1-3H3. The van der Waals surface area contributed by atoms with Crippen molar-refractivity contribution in [3.8, 4) is 0 Å². The van der Waals surface area contributed by atoms with E-state index >= 15 is 0 Å². The topological polar surface area (TPSA) is 80.2 Å². The molecule has 23 heavy (non-hydrogen) atoms. The van der Waals surface area contributed by atoms with Gasteiger partial charge in [-0.3, -0.25) is 4.90 Å². The molecule has 0 amide bonds. The summed E-state index contributed by atoms with van der Waals surface area (Å²) >= 11 is 0. The Labute approximate surface area is 136 Å². The van der Waals surface area contributed by atoms with Crippen LogP contribution in [-0.2, 0) is 13.5 Å². The Morgan fingerprint density at radius 3 is 2.70 bits per heavy atom. The molecule has 0 bridgehead atoms. The highest BCUT2D eigenvalue weighted by atomic mass is 16.5. The van der Waals surface area contributed by atoms with Crippen molar-refractivity contribution in [3.63, 3.8) is 0 Å². The first-order valence-corrected chi connectivity index (χ1v) is 8.32. The van der Waals surface area contributed by atoms with E-state index in [9.17, 15) is 5.11 Å². The highest BCUT2D eigenvalue weighted by Gasteiger charge is 2.31. The molecule has 2 aromatic rings. The summed E-state index contributed by atoms with van der Waals surface area (Å²) in [5, 5.41) is 14.5. The molecule has 0 radical (unpaired) electrons. The second-order valence-electron chi connectivity index (χ2n) is 6.29. The number of aliphatic hydroxyl groups excluding tert-OH is 1. The third kappa shape index (κ3) is 3.30. The highest BCUT2D eigenvalue weighted by Crippen LogP contribution is 2.32. The van der Waals surface area contributed by atoms with Gasteiger partial charge in [0.05, 0.1) is 6.04 Å². The Morgan fingerprint density at radius 2 is 2.13 bits per heavy atom. The number of aliphatic hydroxyl groups is 1. The van der Waals surface area contributed by atoms with Crippen molar-refractivity contribution in [1.82, 2.24) is 24.6 Å². The number of likely N-dealkylation sites (tertiary alicyclic amines) is 1. The zero-order valence-corrected chi connectivity index (χ0v) is 14.0. The molecule has 126 valence electrons. The first kappa shape index (κ1) is 16.1. The van der Waals surface area contributed by atoms with Crippen LogP contribution in [0.1, 0.15) is 56.4 Å². The fourth-order valence-electron chi connectivity index (χ4n) is 3.23. The number of imidazole rings is 1. The van der Waals surface area contributed by atoms with Gasteiger partial charge < -0.3 is 14.2 Å². The van der Waals surface area contributed by atoms with E-state index in [0.29, 0.717) is 5.89 Å². The molecule has 1 aliphatic heterocycles. The number of piperidine rings is 1. The molecule has 0 saturated carbocycles. The van der Waals surface area contributed by atoms with Gasteiger partial charge in [0.25, 0.3) is 0 Å². The van der Waals surface area contributed by atoms with Crippen molar-refractivity contribution in [2.75, 3.05) is 13.1 Å². The summed E-state index contributed by atoms with van der Waals surface area (Å²) in [5.74, 6) is 2.44. The van der Waals surface area contributed by atoms with E-state index < -0.39 is 6.10 Å². The first-order chi connectivity index (χ1) is 11.1. The molecular formula is C16H25N5O2. The van der Waals surface area contributed by atoms with Crippen LogP contribution in [-0.4, -0.2) is 42.8 Å². The number of nitrogens with zero attached hydrogens (tertiary/aromatic N) is 5. The van der Waals surface area contributed by atoms with Gasteiger partial charge in [-0.05, 0) is 38.8 Å². The van der Waals surface area contributed by atoms with Crippen LogP contribution in [0.25, 0.3) is 0 Å². The second kappa shape index (κ2) is 6.80. The summed E-state index contributed by atoms with van der Waals surface area (Å²) in [7, 11) is 1.92. The van der Waals surface area contributed by atoms with E-state index in [1.165, 1.54) is 0 Å². The largest absolute Gasteiger partial charge is 0.385 e. The third-order valence-corrected chi connectivity index (χ3v) is 4.85. The lowest BCUT2D eigenvalue weighted by atomic mass is 9.90. The Morgan fingerprint density at radius 1 is 1.39 bits per heavy atom. The quantitative estimate of drug-likeness (QED) is 0.906. The van der Waals surface area contributed by atoms with Crippen molar-refractivity contribution in [3.05, 3.63) is 29.9 Å². The number of hydrogen-bond acceptors (Lipinski definition) is 6. The second-order valence-corrected chi connectivity index (χ2v) is 6.29. The van der Waals surface area contributed by atoms with Gasteiger partial charge in [0, 0.05) is 25.9 Å². The molecule has 7 heteroatoms. The summed E-state index contributed by atoms with van der Waals surface area (Å²) in [5.41, 5.74) is 0. The van der Waals surface area contributed by atoms with E-state index in [0.717, 1.165) is 44.0 Å². The van der Waals surface area contributed by atoms with E-state index in [4.69, 9.17) is 4.52 Å². The predicted molar refractivity (Wildman–Crippen MR) is 84.6 cm³/mol. The third-order valence-electron chi connectivity index (χ3n) is 4.85. The molecule has 0 spiro atoms. The maximum Gasteiger partial charge on any atom is 0.243 e. The fraction of sp³-hybridized carbons (Fsp3) is 0.688. The Balaban J connectivity index is 1.58. The molecule has 0 aromatic carbocycles. The zero-order valence-electron chi connectivity index (χ0n) is 14.0. The van der Waals surface area contributed by atoms with Gasteiger partial charge in [-0.15, -0.1) is 0 Å². The van der Waals surface area contributed by atoms with E-state index in [-0.39, 0.29) is 12.0 Å². The zero-order chi connectivity index (χ0) is 16.4. The lowest BCUT2D eigenvalue weighted by molar-refractivity contribution is 0.0359. The van der Waals surface area contributed by atoms with Crippen LogP contribution in [0.2, 0.25) is 0 Å². The first-order valence-electron chi connectivity index (χ1n) is 8.32. The van der Waals surface area contributed by atoms with Gasteiger partial charge in [-0.2, -0.15) is 4.98 Å². The minimum atomic E-state index is -0.498. The molecule has 1 aliphatic rings. The van der Waals surface area contributed by atoms with Crippen molar-refractivity contribution in [2.24, 2.45) is 13.0 Å². The van der Waals surface area contributed by atoms with Gasteiger partial charge >= 0.3 is 0 Å². The van der Waals surface area contributed by atoms with Crippen molar-refractivity contribution < 1.29 is 9.63 Å². The maximum atomic E-state index is 10.5. The molecule has 3 rings (SSSR count). The SMILES string of the molecule is CCc1noc(C(C)N2CCC(C(O)c3nccn3C)CC2)n1. The van der Waals surface area contributed by atoms with Gasteiger partial charge in [0.15, 0.2) is 5.82 Å². The predicted octanol–water partition coefficient (Wildman–Crippen LogP) is 1.87. The Hall–Kier alpha value is -1.73. The molecule has 2 atom stereocenters. The smallest absolute Gasteiger partial charge is 0.243 e. The minimum Gasteiger partial charge on any atom is -0.385 e. The average molecular weight is 319 g/mol. The van der Waals surface area contributed by atoms with Crippen LogP contribution in [0, 0.1) is 5.92 Å². The summed E-state index contributed by atoms with van der Waals surface area (Å²) in [6, 6.07) is 0.119. The van der Waals surface area contributed by atoms with E-state index in [1.54, 1.807) is 6.20 Å². The van der Waals surface area contributed by atoms with Crippen LogP contribution in [0.15, 0.2) is 16.9 Å². The molecule has 1 saturated heterocycles. The van der Waals surface area contributed by atoms with Crippen LogP contribution < -0.4 is 0 Å². The summed E-state index contributed by atoms with van der Waals surface area (Å²) in [6.45, 7) is 5.95. The van der Waals surface area contributed by atoms with Gasteiger partial charge in [0.2, 0.25) is 5.89 Å². The lowest BCUT2D eigenvalue weighted by Crippen LogP contribution is -2.37. The molecule has 2 unspecified atom stereocenters. The Bertz CT molecular complexity index is 630. The number of hydrogen-bond donors (Lipinski definition) is 1. The fourth-order valence-corrected chi connectivity index (χ4v) is 3.23. The normalized spacial score (nSPS) is 19.8. The van der Waals surface area contributed by atoms with E-state index in [1.807, 2.05) is 24.7 Å². The molecular weight excluding hydrogens is 294 g/mol. The van der Waals surface area contributed by atoms with Gasteiger partial charge in [0.1, 0.15) is 11.9 Å². The van der Waals surface area contributed by atoms with Crippen LogP contribution in [0.4, 0.5) is 0 Å². The molecule has 7 nitrogen and oxygen atoms in total. The van der Waals surface area contributed by atoms with Crippen molar-refractivity contribution in [2.45, 2.75) is 45.3 Å². The van der Waals surface area contributed by atoms with Crippen LogP contribution in [0.3, 0.4) is 0 Å². The summed E-state index contributed by atoms with van der Waals surface area (Å²) < 4.78 is 7.25. The van der Waals surface area contributed by atoms with Crippen LogP contribution in [0.5, 0.6) is 0 Å². The summed E-state index contributed by atoms with van der Waals surface area (Å²) in [6.07, 6.45) is 5.77. The highest BCUT2D eigenvalue weighted by molar-refractivity contribution is 4.99. The maximum absolute atomic E-state index is 10.5. The average Bonchev–Trinajstić information content (AvgIpc) is 3.22. The monoisotopic (exact) mass is 319 g/mol. The molecule has 1 N–H and O–H groups in total. The van der Waals surface area contributed by atoms with Gasteiger partial charge in [-0.1, -0.05) is 12.1 Å². The molecule has 3 heterocycles. The number of aryl methyl sites for hydroxylation is 2. The number of rotatable bonds is 5. The molecule has 2 aromatic heterocycles. The minimum absolute atomic E-state index is 0.119.